The Morgan fingerprint density at radius 3 is 2.46 bits per heavy atom. The lowest BCUT2D eigenvalue weighted by molar-refractivity contribution is -0.115. The maximum atomic E-state index is 12.4. The monoisotopic (exact) mass is 325 g/mol. The molecule has 5 heteroatoms. The Balaban J connectivity index is 1.77. The minimum atomic E-state index is -0.131. The Kier molecular flexibility index (Phi) is 4.42. The van der Waals surface area contributed by atoms with Crippen LogP contribution in [0.15, 0.2) is 47.1 Å². The number of hydrogen-bond donors (Lipinski definition) is 1. The van der Waals surface area contributed by atoms with Gasteiger partial charge in [-0.25, -0.2) is 0 Å². The van der Waals surface area contributed by atoms with E-state index in [0.29, 0.717) is 17.2 Å². The number of nitrogens with one attached hydrogen (secondary N) is 1. The van der Waals surface area contributed by atoms with Crippen LogP contribution in [0.25, 0.3) is 11.0 Å². The highest BCUT2D eigenvalue weighted by molar-refractivity contribution is 5.95. The average Bonchev–Trinajstić information content (AvgIpc) is 2.96. The van der Waals surface area contributed by atoms with Gasteiger partial charge < -0.3 is 19.2 Å². The van der Waals surface area contributed by atoms with Gasteiger partial charge in [0.1, 0.15) is 17.1 Å². The number of anilines is 1. The number of benzene rings is 2. The molecule has 0 saturated carbocycles. The van der Waals surface area contributed by atoms with Gasteiger partial charge in [0.2, 0.25) is 5.91 Å². The normalized spacial score (nSPS) is 10.6. The van der Waals surface area contributed by atoms with Gasteiger partial charge >= 0.3 is 0 Å². The standard InChI is InChI=1S/C19H19NO4/c1-12-4-5-17-13(11-24-18(17)6-12)7-19(21)20-14-8-15(22-2)10-16(9-14)23-3/h4-6,8-11H,7H2,1-3H3,(H,20,21). The van der Waals surface area contributed by atoms with Crippen molar-refractivity contribution in [2.24, 2.45) is 0 Å². The zero-order valence-electron chi connectivity index (χ0n) is 13.9. The summed E-state index contributed by atoms with van der Waals surface area (Å²) in [6, 6.07) is 11.2. The van der Waals surface area contributed by atoms with Crippen molar-refractivity contribution in [1.82, 2.24) is 0 Å². The van der Waals surface area contributed by atoms with Crippen LogP contribution in [0.5, 0.6) is 11.5 Å². The van der Waals surface area contributed by atoms with Crippen molar-refractivity contribution in [3.63, 3.8) is 0 Å². The van der Waals surface area contributed by atoms with Crippen molar-refractivity contribution in [3.05, 3.63) is 53.8 Å². The smallest absolute Gasteiger partial charge is 0.228 e. The van der Waals surface area contributed by atoms with E-state index in [0.717, 1.165) is 22.1 Å². The largest absolute Gasteiger partial charge is 0.497 e. The Bertz CT molecular complexity index is 860. The first-order valence-electron chi connectivity index (χ1n) is 7.58. The molecular weight excluding hydrogens is 306 g/mol. The first-order valence-corrected chi connectivity index (χ1v) is 7.58. The Labute approximate surface area is 140 Å². The minimum absolute atomic E-state index is 0.131. The SMILES string of the molecule is COc1cc(NC(=O)Cc2coc3cc(C)ccc23)cc(OC)c1. The second-order valence-electron chi connectivity index (χ2n) is 5.59. The molecule has 0 radical (unpaired) electrons. The van der Waals surface area contributed by atoms with E-state index in [2.05, 4.69) is 5.32 Å². The number of carbonyl (C=O) groups is 1. The number of hydrogen-bond acceptors (Lipinski definition) is 4. The molecule has 0 unspecified atom stereocenters. The number of fused-ring (bicyclic) bond motifs is 1. The molecule has 5 nitrogen and oxygen atoms in total. The number of furan rings is 1. The van der Waals surface area contributed by atoms with Crippen molar-refractivity contribution >= 4 is 22.6 Å². The molecule has 1 amide bonds. The topological polar surface area (TPSA) is 60.7 Å². The van der Waals surface area contributed by atoms with E-state index in [9.17, 15) is 4.79 Å². The Morgan fingerprint density at radius 2 is 1.79 bits per heavy atom. The molecule has 1 heterocycles. The second-order valence-corrected chi connectivity index (χ2v) is 5.59. The first kappa shape index (κ1) is 15.9. The third kappa shape index (κ3) is 3.35. The number of ether oxygens (including phenoxy) is 2. The van der Waals surface area contributed by atoms with Crippen LogP contribution in [-0.4, -0.2) is 20.1 Å². The molecule has 0 aliphatic carbocycles. The lowest BCUT2D eigenvalue weighted by atomic mass is 10.1. The van der Waals surface area contributed by atoms with Crippen LogP contribution in [-0.2, 0) is 11.2 Å². The van der Waals surface area contributed by atoms with E-state index >= 15 is 0 Å². The van der Waals surface area contributed by atoms with Crippen LogP contribution in [0.3, 0.4) is 0 Å². The van der Waals surface area contributed by atoms with Gasteiger partial charge in [-0.3, -0.25) is 4.79 Å². The Hall–Kier alpha value is -2.95. The van der Waals surface area contributed by atoms with Crippen molar-refractivity contribution < 1.29 is 18.7 Å². The predicted molar refractivity (Wildman–Crippen MR) is 92.8 cm³/mol. The molecule has 2 aromatic carbocycles. The summed E-state index contributed by atoms with van der Waals surface area (Å²) in [6.45, 7) is 2.00. The molecular formula is C19H19NO4. The highest BCUT2D eigenvalue weighted by Gasteiger charge is 2.12. The van der Waals surface area contributed by atoms with Gasteiger partial charge in [-0.1, -0.05) is 12.1 Å². The molecule has 0 saturated heterocycles. The molecule has 24 heavy (non-hydrogen) atoms. The van der Waals surface area contributed by atoms with Gasteiger partial charge in [0.05, 0.1) is 26.9 Å². The van der Waals surface area contributed by atoms with E-state index < -0.39 is 0 Å². The minimum Gasteiger partial charge on any atom is -0.497 e. The number of aryl methyl sites for hydroxylation is 1. The fraction of sp³-hybridized carbons (Fsp3) is 0.211. The van der Waals surface area contributed by atoms with Gasteiger partial charge in [-0.2, -0.15) is 0 Å². The van der Waals surface area contributed by atoms with Gasteiger partial charge in [0.25, 0.3) is 0 Å². The van der Waals surface area contributed by atoms with Gasteiger partial charge in [-0.05, 0) is 18.6 Å². The summed E-state index contributed by atoms with van der Waals surface area (Å²) in [7, 11) is 3.14. The first-order chi connectivity index (χ1) is 11.6. The third-order valence-electron chi connectivity index (χ3n) is 3.80. The van der Waals surface area contributed by atoms with Crippen LogP contribution < -0.4 is 14.8 Å². The maximum Gasteiger partial charge on any atom is 0.228 e. The molecule has 0 bridgehead atoms. The summed E-state index contributed by atoms with van der Waals surface area (Å²) >= 11 is 0. The molecule has 1 N–H and O–H groups in total. The fourth-order valence-electron chi connectivity index (χ4n) is 2.59. The van der Waals surface area contributed by atoms with Gasteiger partial charge in [0.15, 0.2) is 0 Å². The molecule has 3 rings (SSSR count). The van der Waals surface area contributed by atoms with Crippen LogP contribution in [0, 0.1) is 6.92 Å². The van der Waals surface area contributed by atoms with E-state index in [1.807, 2.05) is 25.1 Å². The summed E-state index contributed by atoms with van der Waals surface area (Å²) in [6.07, 6.45) is 1.87. The van der Waals surface area contributed by atoms with Crippen molar-refractivity contribution in [3.8, 4) is 11.5 Å². The molecule has 1 aromatic heterocycles. The number of methoxy groups -OCH3 is 2. The number of rotatable bonds is 5. The van der Waals surface area contributed by atoms with Crippen LogP contribution in [0.4, 0.5) is 5.69 Å². The van der Waals surface area contributed by atoms with Crippen molar-refractivity contribution in [2.75, 3.05) is 19.5 Å². The molecule has 0 spiro atoms. The lowest BCUT2D eigenvalue weighted by Crippen LogP contribution is -2.14. The number of amides is 1. The van der Waals surface area contributed by atoms with E-state index in [-0.39, 0.29) is 12.3 Å². The van der Waals surface area contributed by atoms with Gasteiger partial charge in [0, 0.05) is 34.8 Å². The highest BCUT2D eigenvalue weighted by Crippen LogP contribution is 2.27. The fourth-order valence-corrected chi connectivity index (χ4v) is 2.59. The van der Waals surface area contributed by atoms with Crippen LogP contribution in [0.2, 0.25) is 0 Å². The Morgan fingerprint density at radius 1 is 1.08 bits per heavy atom. The summed E-state index contributed by atoms with van der Waals surface area (Å²) in [5, 5.41) is 3.82. The molecule has 0 atom stereocenters. The molecule has 0 aliphatic heterocycles. The van der Waals surface area contributed by atoms with Gasteiger partial charge in [-0.15, -0.1) is 0 Å². The van der Waals surface area contributed by atoms with E-state index in [4.69, 9.17) is 13.9 Å². The highest BCUT2D eigenvalue weighted by atomic mass is 16.5. The van der Waals surface area contributed by atoms with E-state index in [1.165, 1.54) is 0 Å². The summed E-state index contributed by atoms with van der Waals surface area (Å²) in [4.78, 5) is 12.4. The summed E-state index contributed by atoms with van der Waals surface area (Å²) < 4.78 is 15.9. The quantitative estimate of drug-likeness (QED) is 0.772. The van der Waals surface area contributed by atoms with Crippen LogP contribution in [0.1, 0.15) is 11.1 Å². The lowest BCUT2D eigenvalue weighted by Gasteiger charge is -2.09. The third-order valence-corrected chi connectivity index (χ3v) is 3.80. The number of carbonyl (C=O) groups excluding carboxylic acids is 1. The van der Waals surface area contributed by atoms with Crippen molar-refractivity contribution in [1.29, 1.82) is 0 Å². The summed E-state index contributed by atoms with van der Waals surface area (Å²) in [5.41, 5.74) is 3.40. The average molecular weight is 325 g/mol. The van der Waals surface area contributed by atoms with Crippen LogP contribution >= 0.6 is 0 Å². The predicted octanol–water partition coefficient (Wildman–Crippen LogP) is 3.94. The zero-order valence-corrected chi connectivity index (χ0v) is 13.9. The summed E-state index contributed by atoms with van der Waals surface area (Å²) in [5.74, 6) is 1.11. The van der Waals surface area contributed by atoms with E-state index in [1.54, 1.807) is 38.7 Å². The zero-order chi connectivity index (χ0) is 17.1. The molecule has 0 aliphatic rings. The maximum absolute atomic E-state index is 12.4. The molecule has 3 aromatic rings. The van der Waals surface area contributed by atoms with Crippen molar-refractivity contribution in [2.45, 2.75) is 13.3 Å². The molecule has 124 valence electrons. The second kappa shape index (κ2) is 6.66. The molecule has 0 fully saturated rings.